The van der Waals surface area contributed by atoms with Crippen molar-refractivity contribution in [3.05, 3.63) is 35.9 Å². The smallest absolute Gasteiger partial charge is 0.333 e. The number of rotatable bonds is 3. The molecule has 7 nitrogen and oxygen atoms in total. The first kappa shape index (κ1) is 15.3. The highest BCUT2D eigenvalue weighted by Crippen LogP contribution is 2.22. The lowest BCUT2D eigenvalue weighted by atomic mass is 9.92. The van der Waals surface area contributed by atoms with Gasteiger partial charge in [-0.15, -0.1) is 0 Å². The van der Waals surface area contributed by atoms with Gasteiger partial charge in [-0.2, -0.15) is 0 Å². The number of aliphatic hydroxyl groups is 2. The number of carbonyl (C=O) groups excluding carboxylic acids is 1. The molecule has 7 heteroatoms. The van der Waals surface area contributed by atoms with Gasteiger partial charge < -0.3 is 25.5 Å². The van der Waals surface area contributed by atoms with Crippen LogP contribution in [0.4, 0.5) is 4.79 Å². The minimum Gasteiger partial charge on any atom is -0.479 e. The Kier molecular flexibility index (Phi) is 4.15. The summed E-state index contributed by atoms with van der Waals surface area (Å²) in [6.45, 7) is 1.33. The molecule has 0 aliphatic carbocycles. The highest BCUT2D eigenvalue weighted by atomic mass is 16.4. The predicted octanol–water partition coefficient (Wildman–Crippen LogP) is -0.267. The van der Waals surface area contributed by atoms with Crippen LogP contribution in [0.25, 0.3) is 0 Å². The second kappa shape index (κ2) is 5.71. The Bertz CT molecular complexity index is 525. The summed E-state index contributed by atoms with van der Waals surface area (Å²) in [6.07, 6.45) is -2.02. The van der Waals surface area contributed by atoms with Crippen LogP contribution in [-0.2, 0) is 10.3 Å². The predicted molar refractivity (Wildman–Crippen MR) is 73.5 cm³/mol. The molecule has 1 aliphatic heterocycles. The molecule has 1 aliphatic rings. The fourth-order valence-electron chi connectivity index (χ4n) is 2.25. The van der Waals surface area contributed by atoms with Crippen LogP contribution in [0, 0.1) is 0 Å². The molecule has 4 N–H and O–H groups in total. The van der Waals surface area contributed by atoms with Gasteiger partial charge in [0.2, 0.25) is 0 Å². The zero-order valence-electron chi connectivity index (χ0n) is 11.6. The Morgan fingerprint density at radius 2 is 1.71 bits per heavy atom. The summed E-state index contributed by atoms with van der Waals surface area (Å²) < 4.78 is 0. The fraction of sp³-hybridized carbons (Fsp3) is 0.429. The number of hydrogen-bond donors (Lipinski definition) is 4. The number of urea groups is 1. The van der Waals surface area contributed by atoms with Crippen molar-refractivity contribution < 1.29 is 24.9 Å². The molecule has 3 unspecified atom stereocenters. The summed E-state index contributed by atoms with van der Waals surface area (Å²) in [6, 6.07) is 7.71. The van der Waals surface area contributed by atoms with E-state index in [2.05, 4.69) is 5.32 Å². The van der Waals surface area contributed by atoms with E-state index in [1.165, 1.54) is 11.8 Å². The Hall–Kier alpha value is -2.12. The van der Waals surface area contributed by atoms with E-state index in [0.717, 1.165) is 0 Å². The standard InChI is InChI=1S/C14H18N2O5/c1-14(12(19)20,9-5-3-2-4-6-9)15-13(21)16-7-10(17)11(18)8-16/h2-6,10-11,17-18H,7-8H2,1H3,(H,15,21)(H,19,20). The summed E-state index contributed by atoms with van der Waals surface area (Å²) in [7, 11) is 0. The molecule has 1 heterocycles. The third-order valence-corrected chi connectivity index (χ3v) is 3.68. The third-order valence-electron chi connectivity index (χ3n) is 3.68. The average molecular weight is 294 g/mol. The van der Waals surface area contributed by atoms with Crippen molar-refractivity contribution in [2.75, 3.05) is 13.1 Å². The van der Waals surface area contributed by atoms with E-state index < -0.39 is 29.7 Å². The quantitative estimate of drug-likeness (QED) is 0.613. The van der Waals surface area contributed by atoms with E-state index in [-0.39, 0.29) is 13.1 Å². The Labute approximate surface area is 121 Å². The van der Waals surface area contributed by atoms with Gasteiger partial charge >= 0.3 is 12.0 Å². The summed E-state index contributed by atoms with van der Waals surface area (Å²) in [4.78, 5) is 24.9. The van der Waals surface area contributed by atoms with Crippen LogP contribution in [0.15, 0.2) is 30.3 Å². The lowest BCUT2D eigenvalue weighted by Gasteiger charge is -2.29. The van der Waals surface area contributed by atoms with E-state index in [0.29, 0.717) is 5.56 Å². The molecule has 1 fully saturated rings. The first-order valence-corrected chi connectivity index (χ1v) is 6.56. The van der Waals surface area contributed by atoms with Crippen molar-refractivity contribution in [3.8, 4) is 0 Å². The molecule has 0 saturated carbocycles. The van der Waals surface area contributed by atoms with Crippen LogP contribution in [0.2, 0.25) is 0 Å². The van der Waals surface area contributed by atoms with E-state index >= 15 is 0 Å². The molecule has 114 valence electrons. The van der Waals surface area contributed by atoms with Gasteiger partial charge in [0.1, 0.15) is 0 Å². The number of carboxylic acids is 1. The lowest BCUT2D eigenvalue weighted by Crippen LogP contribution is -2.53. The lowest BCUT2D eigenvalue weighted by molar-refractivity contribution is -0.144. The molecule has 3 atom stereocenters. The number of aliphatic carboxylic acids is 1. The Balaban J connectivity index is 2.18. The zero-order chi connectivity index (χ0) is 15.6. The second-order valence-electron chi connectivity index (χ2n) is 5.27. The van der Waals surface area contributed by atoms with Gasteiger partial charge in [0.25, 0.3) is 0 Å². The normalized spacial score (nSPS) is 24.4. The van der Waals surface area contributed by atoms with Crippen LogP contribution < -0.4 is 5.32 Å². The van der Waals surface area contributed by atoms with Gasteiger partial charge in [0, 0.05) is 0 Å². The summed E-state index contributed by atoms with van der Waals surface area (Å²) in [5, 5.41) is 30.8. The molecule has 2 rings (SSSR count). The van der Waals surface area contributed by atoms with Crippen molar-refractivity contribution >= 4 is 12.0 Å². The topological polar surface area (TPSA) is 110 Å². The molecule has 1 aromatic rings. The van der Waals surface area contributed by atoms with E-state index in [1.807, 2.05) is 0 Å². The van der Waals surface area contributed by atoms with Gasteiger partial charge in [-0.3, -0.25) is 0 Å². The monoisotopic (exact) mass is 294 g/mol. The molecule has 21 heavy (non-hydrogen) atoms. The van der Waals surface area contributed by atoms with Gasteiger partial charge in [-0.25, -0.2) is 9.59 Å². The van der Waals surface area contributed by atoms with E-state index in [1.54, 1.807) is 30.3 Å². The Morgan fingerprint density at radius 3 is 2.19 bits per heavy atom. The van der Waals surface area contributed by atoms with Crippen molar-refractivity contribution in [3.63, 3.8) is 0 Å². The fourth-order valence-corrected chi connectivity index (χ4v) is 2.25. The molecular weight excluding hydrogens is 276 g/mol. The molecule has 1 saturated heterocycles. The highest BCUT2D eigenvalue weighted by Gasteiger charge is 2.40. The third kappa shape index (κ3) is 2.98. The first-order valence-electron chi connectivity index (χ1n) is 6.56. The number of carbonyl (C=O) groups is 2. The number of nitrogens with one attached hydrogen (secondary N) is 1. The van der Waals surface area contributed by atoms with Crippen molar-refractivity contribution in [2.45, 2.75) is 24.7 Å². The van der Waals surface area contributed by atoms with Gasteiger partial charge in [0.15, 0.2) is 5.54 Å². The zero-order valence-corrected chi connectivity index (χ0v) is 11.6. The van der Waals surface area contributed by atoms with Gasteiger partial charge in [-0.05, 0) is 12.5 Å². The first-order chi connectivity index (χ1) is 9.84. The molecule has 0 radical (unpaired) electrons. The minimum absolute atomic E-state index is 0.0303. The van der Waals surface area contributed by atoms with Gasteiger partial charge in [0.05, 0.1) is 25.3 Å². The van der Waals surface area contributed by atoms with Crippen molar-refractivity contribution in [1.82, 2.24) is 10.2 Å². The van der Waals surface area contributed by atoms with Gasteiger partial charge in [-0.1, -0.05) is 30.3 Å². The van der Waals surface area contributed by atoms with Crippen molar-refractivity contribution in [1.29, 1.82) is 0 Å². The molecule has 2 amide bonds. The highest BCUT2D eigenvalue weighted by molar-refractivity contribution is 5.87. The molecular formula is C14H18N2O5. The number of nitrogens with zero attached hydrogens (tertiary/aromatic N) is 1. The molecule has 0 bridgehead atoms. The summed E-state index contributed by atoms with van der Waals surface area (Å²) >= 11 is 0. The van der Waals surface area contributed by atoms with E-state index in [4.69, 9.17) is 0 Å². The van der Waals surface area contributed by atoms with E-state index in [9.17, 15) is 24.9 Å². The van der Waals surface area contributed by atoms with Crippen LogP contribution in [-0.4, -0.2) is 57.5 Å². The maximum atomic E-state index is 12.2. The SMILES string of the molecule is CC(NC(=O)N1CC(O)C(O)C1)(C(=O)O)c1ccccc1. The molecule has 1 aromatic carbocycles. The number of likely N-dealkylation sites (tertiary alicyclic amines) is 1. The number of amides is 2. The van der Waals surface area contributed by atoms with Crippen LogP contribution in [0.1, 0.15) is 12.5 Å². The number of benzene rings is 1. The van der Waals surface area contributed by atoms with Crippen molar-refractivity contribution in [2.24, 2.45) is 0 Å². The van der Waals surface area contributed by atoms with Crippen LogP contribution in [0.5, 0.6) is 0 Å². The maximum absolute atomic E-state index is 12.2. The molecule has 0 spiro atoms. The summed E-state index contributed by atoms with van der Waals surface area (Å²) in [5.74, 6) is -1.19. The molecule has 0 aromatic heterocycles. The van der Waals surface area contributed by atoms with Crippen LogP contribution in [0.3, 0.4) is 0 Å². The number of hydrogen-bond acceptors (Lipinski definition) is 4. The number of carboxylic acid groups (broad SMARTS) is 1. The Morgan fingerprint density at radius 1 is 1.19 bits per heavy atom. The second-order valence-corrected chi connectivity index (χ2v) is 5.27. The van der Waals surface area contributed by atoms with Crippen LogP contribution >= 0.6 is 0 Å². The largest absolute Gasteiger partial charge is 0.479 e. The summed E-state index contributed by atoms with van der Waals surface area (Å²) in [5.41, 5.74) is -1.15. The number of aliphatic hydroxyl groups excluding tert-OH is 2. The number of β-amino-alcohol motifs (C(OH)–C–C–N with tert-alkyl or cyclic N) is 2. The minimum atomic E-state index is -1.59. The average Bonchev–Trinajstić information content (AvgIpc) is 2.79. The maximum Gasteiger partial charge on any atom is 0.333 e.